The Kier molecular flexibility index (Phi) is 8.91. The number of carbonyl (C=O) groups is 1. The maximum atomic E-state index is 12.9. The zero-order valence-electron chi connectivity index (χ0n) is 23.8. The molecule has 0 fully saturated rings. The summed E-state index contributed by atoms with van der Waals surface area (Å²) in [5.41, 5.74) is 3.99. The van der Waals surface area contributed by atoms with Gasteiger partial charge >= 0.3 is 28.5 Å². The van der Waals surface area contributed by atoms with Crippen LogP contribution in [-0.4, -0.2) is 36.1 Å². The molecule has 0 spiro atoms. The van der Waals surface area contributed by atoms with Gasteiger partial charge in [0.05, 0.1) is 25.1 Å². The molecular weight excluding hydrogens is 628 g/mol. The van der Waals surface area contributed by atoms with Crippen LogP contribution in [0.2, 0.25) is 5.15 Å². The number of aromatic amines is 1. The number of aryl methyl sites for hydroxylation is 3. The third kappa shape index (κ3) is 6.40. The molecule has 0 aliphatic rings. The number of H-pyrrole nitrogens is 1. The number of benzene rings is 3. The normalized spacial score (nSPS) is 12.3. The van der Waals surface area contributed by atoms with Gasteiger partial charge in [-0.25, -0.2) is 19.1 Å². The van der Waals surface area contributed by atoms with Crippen molar-refractivity contribution in [1.29, 1.82) is 0 Å². The van der Waals surface area contributed by atoms with Gasteiger partial charge in [0.15, 0.2) is 11.5 Å². The van der Waals surface area contributed by atoms with Crippen molar-refractivity contribution in [2.45, 2.75) is 20.8 Å². The summed E-state index contributed by atoms with van der Waals surface area (Å²) in [6, 6.07) is 17.4. The molecule has 0 bridgehead atoms. The summed E-state index contributed by atoms with van der Waals surface area (Å²) < 4.78 is 48.5. The fourth-order valence-corrected chi connectivity index (χ4v) is 5.83. The number of ether oxygens (including phenoxy) is 1. The second-order valence-electron chi connectivity index (χ2n) is 9.52. The second kappa shape index (κ2) is 12.8. The van der Waals surface area contributed by atoms with Crippen molar-refractivity contribution in [3.63, 3.8) is 0 Å². The van der Waals surface area contributed by atoms with Crippen LogP contribution in [0.1, 0.15) is 27.0 Å². The minimum Gasteiger partial charge on any atom is -0.466 e. The van der Waals surface area contributed by atoms with Crippen LogP contribution in [0.5, 0.6) is 11.5 Å². The summed E-state index contributed by atoms with van der Waals surface area (Å²) >= 11 is 2.41. The lowest BCUT2D eigenvalue weighted by atomic mass is 10.1. The van der Waals surface area contributed by atoms with Crippen molar-refractivity contribution in [2.24, 2.45) is 0 Å². The summed E-state index contributed by atoms with van der Waals surface area (Å²) in [6.45, 7) is 12.9. The van der Waals surface area contributed by atoms with Gasteiger partial charge in [-0.05, 0) is 61.7 Å². The number of halogens is 1. The molecule has 0 radical (unpaired) electrons. The number of aromatic nitrogens is 3. The molecule has 3 N–H and O–H groups in total. The lowest BCUT2D eigenvalue weighted by molar-refractivity contribution is 0.0604. The molecule has 2 atom stereocenters. The summed E-state index contributed by atoms with van der Waals surface area (Å²) in [7, 11) is 1.20. The molecule has 0 saturated heterocycles. The average molecular weight is 653 g/mol. The molecule has 12 nitrogen and oxygen atoms in total. The average Bonchev–Trinajstić information content (AvgIpc) is 3.54. The van der Waals surface area contributed by atoms with Gasteiger partial charge in [-0.2, -0.15) is 8.42 Å². The van der Waals surface area contributed by atoms with Crippen LogP contribution in [0.3, 0.4) is 0 Å². The standard InChI is InChI=1S/C29H25ClN6O6S2/c1-16-9-10-17(2)22(13-16)41-44(39)35-21-12-11-18(3)23(15-21)42-43(38)34-20-8-6-7-19(14-20)27-32-28-24(29(37)40-5)25(31-4)26(30)36(28)33-27/h6-15,34-35H,1-3,5H3,(H,32,33). The first-order valence-electron chi connectivity index (χ1n) is 12.9. The summed E-state index contributed by atoms with van der Waals surface area (Å²) in [5.74, 6) is 0.391. The van der Waals surface area contributed by atoms with Gasteiger partial charge < -0.3 is 13.1 Å². The highest BCUT2D eigenvalue weighted by Gasteiger charge is 2.27. The van der Waals surface area contributed by atoms with Crippen molar-refractivity contribution >= 4 is 62.8 Å². The molecular formula is C29H25ClN6O6S2. The quantitative estimate of drug-likeness (QED) is 0.117. The second-order valence-corrected chi connectivity index (χ2v) is 11.6. The molecule has 226 valence electrons. The third-order valence-electron chi connectivity index (χ3n) is 6.40. The fraction of sp³-hybridized carbons (Fsp3) is 0.138. The minimum absolute atomic E-state index is 0.00861. The smallest absolute Gasteiger partial charge is 0.331 e. The lowest BCUT2D eigenvalue weighted by Crippen LogP contribution is -2.13. The van der Waals surface area contributed by atoms with Crippen LogP contribution in [0.15, 0.2) is 60.7 Å². The third-order valence-corrected chi connectivity index (χ3v) is 8.22. The van der Waals surface area contributed by atoms with Crippen LogP contribution < -0.4 is 17.8 Å². The number of methoxy groups -OCH3 is 1. The van der Waals surface area contributed by atoms with Crippen LogP contribution in [0.25, 0.3) is 21.9 Å². The van der Waals surface area contributed by atoms with E-state index in [-0.39, 0.29) is 22.1 Å². The highest BCUT2D eigenvalue weighted by Crippen LogP contribution is 2.36. The number of nitrogens with one attached hydrogen (secondary N) is 3. The van der Waals surface area contributed by atoms with Gasteiger partial charge in [0.2, 0.25) is 5.69 Å². The molecule has 3 aromatic carbocycles. The van der Waals surface area contributed by atoms with E-state index in [0.717, 1.165) is 11.1 Å². The molecule has 5 aromatic rings. The molecule has 5 rings (SSSR count). The molecule has 0 amide bonds. The van der Waals surface area contributed by atoms with Gasteiger partial charge in [0, 0.05) is 11.6 Å². The first-order chi connectivity index (χ1) is 21.1. The van der Waals surface area contributed by atoms with Crippen LogP contribution in [0.4, 0.5) is 17.1 Å². The van der Waals surface area contributed by atoms with Gasteiger partial charge in [-0.3, -0.25) is 14.5 Å². The Morgan fingerprint density at radius 3 is 2.25 bits per heavy atom. The van der Waals surface area contributed by atoms with E-state index in [2.05, 4.69) is 24.4 Å². The Labute approximate surface area is 262 Å². The fourth-order valence-electron chi connectivity index (χ4n) is 4.16. The van der Waals surface area contributed by atoms with Gasteiger partial charge in [0.1, 0.15) is 22.2 Å². The van der Waals surface area contributed by atoms with E-state index in [1.807, 2.05) is 26.0 Å². The van der Waals surface area contributed by atoms with E-state index in [4.69, 9.17) is 31.3 Å². The number of esters is 1. The number of hydrogen-bond acceptors (Lipinski definition) is 7. The number of rotatable bonds is 10. The highest BCUT2D eigenvalue weighted by atomic mass is 35.5. The zero-order chi connectivity index (χ0) is 31.5. The van der Waals surface area contributed by atoms with Gasteiger partial charge in [0.25, 0.3) is 0 Å². The molecule has 2 aromatic heterocycles. The molecule has 44 heavy (non-hydrogen) atoms. The Balaban J connectivity index is 1.29. The first kappa shape index (κ1) is 30.6. The monoisotopic (exact) mass is 652 g/mol. The molecule has 0 aliphatic heterocycles. The van der Waals surface area contributed by atoms with Gasteiger partial charge in [-0.15, -0.1) is 0 Å². The minimum atomic E-state index is -2.02. The van der Waals surface area contributed by atoms with E-state index in [9.17, 15) is 13.2 Å². The van der Waals surface area contributed by atoms with Crippen molar-refractivity contribution in [2.75, 3.05) is 16.6 Å². The zero-order valence-corrected chi connectivity index (χ0v) is 26.1. The Bertz CT molecular complexity index is 2000. The van der Waals surface area contributed by atoms with Crippen LogP contribution >= 0.6 is 11.6 Å². The maximum Gasteiger partial charge on any atom is 0.331 e. The Hall–Kier alpha value is -4.84. The molecule has 2 unspecified atom stereocenters. The number of carbonyl (C=O) groups excluding carboxylic acids is 1. The highest BCUT2D eigenvalue weighted by molar-refractivity contribution is 7.82. The van der Waals surface area contributed by atoms with Crippen molar-refractivity contribution in [3.8, 4) is 22.9 Å². The molecule has 2 heterocycles. The summed E-state index contributed by atoms with van der Waals surface area (Å²) in [4.78, 5) is 20.1. The Morgan fingerprint density at radius 1 is 0.955 bits per heavy atom. The van der Waals surface area contributed by atoms with E-state index < -0.39 is 28.5 Å². The van der Waals surface area contributed by atoms with Crippen LogP contribution in [0, 0.1) is 27.3 Å². The van der Waals surface area contributed by atoms with Crippen molar-refractivity contribution < 1.29 is 26.3 Å². The van der Waals surface area contributed by atoms with Gasteiger partial charge in [-0.1, -0.05) is 41.9 Å². The largest absolute Gasteiger partial charge is 0.466 e. The predicted molar refractivity (Wildman–Crippen MR) is 169 cm³/mol. The first-order valence-corrected chi connectivity index (χ1v) is 15.4. The topological polar surface area (TPSA) is 140 Å². The van der Waals surface area contributed by atoms with Crippen molar-refractivity contribution in [3.05, 3.63) is 99.5 Å². The molecule has 0 saturated carbocycles. The predicted octanol–water partition coefficient (Wildman–Crippen LogP) is 6.38. The number of nitrogens with zero attached hydrogens (tertiary/aromatic N) is 3. The Morgan fingerprint density at radius 2 is 1.59 bits per heavy atom. The van der Waals surface area contributed by atoms with E-state index in [1.165, 1.54) is 11.6 Å². The van der Waals surface area contributed by atoms with E-state index in [0.29, 0.717) is 39.8 Å². The van der Waals surface area contributed by atoms with E-state index >= 15 is 0 Å². The summed E-state index contributed by atoms with van der Waals surface area (Å²) in [6.07, 6.45) is 0. The van der Waals surface area contributed by atoms with Crippen molar-refractivity contribution in [1.82, 2.24) is 14.6 Å². The summed E-state index contributed by atoms with van der Waals surface area (Å²) in [5, 5.41) is 2.96. The maximum absolute atomic E-state index is 12.9. The SMILES string of the molecule is [C-]#[N+]c1c(C(=O)OC)c2nc(-c3cccc(NS(=O)Oc4cc(NS(=O)Oc5cc(C)ccc5C)ccc4C)c3)[nH]n2c1Cl. The lowest BCUT2D eigenvalue weighted by Gasteiger charge is -2.13. The number of anilines is 2. The molecule has 15 heteroatoms. The molecule has 0 aliphatic carbocycles. The van der Waals surface area contributed by atoms with Crippen LogP contribution in [-0.2, 0) is 27.3 Å². The van der Waals surface area contributed by atoms with E-state index in [1.54, 1.807) is 55.5 Å². The number of fused-ring (bicyclic) bond motifs is 1. The number of hydrogen-bond donors (Lipinski definition) is 3.